The third-order valence-electron chi connectivity index (χ3n) is 5.24. The van der Waals surface area contributed by atoms with Crippen molar-refractivity contribution in [3.05, 3.63) is 73.2 Å². The van der Waals surface area contributed by atoms with Gasteiger partial charge in [-0.25, -0.2) is 19.2 Å². The number of carbonyl (C=O) groups excluding carboxylic acids is 1. The highest BCUT2D eigenvalue weighted by Gasteiger charge is 2.25. The number of benzene rings is 2. The number of aromatic nitrogens is 3. The molecule has 0 saturated carbocycles. The van der Waals surface area contributed by atoms with E-state index in [0.29, 0.717) is 24.4 Å². The van der Waals surface area contributed by atoms with Crippen molar-refractivity contribution < 1.29 is 9.18 Å². The molecule has 150 valence electrons. The van der Waals surface area contributed by atoms with Gasteiger partial charge in [-0.15, -0.1) is 0 Å². The number of anilines is 1. The lowest BCUT2D eigenvalue weighted by atomic mass is 10.1. The molecule has 0 aliphatic carbocycles. The van der Waals surface area contributed by atoms with Crippen LogP contribution in [0.15, 0.2) is 73.2 Å². The summed E-state index contributed by atoms with van der Waals surface area (Å²) in [6.07, 6.45) is 5.19. The van der Waals surface area contributed by atoms with E-state index in [1.54, 1.807) is 0 Å². The summed E-state index contributed by atoms with van der Waals surface area (Å²) in [5.41, 5.74) is 4.36. The molecule has 2 amide bonds. The van der Waals surface area contributed by atoms with Crippen LogP contribution in [-0.2, 0) is 0 Å². The zero-order chi connectivity index (χ0) is 20.5. The molecule has 1 fully saturated rings. The Hall–Kier alpha value is -3.74. The second-order valence-corrected chi connectivity index (χ2v) is 7.39. The molecule has 7 heteroatoms. The van der Waals surface area contributed by atoms with Crippen LogP contribution in [0.3, 0.4) is 0 Å². The van der Waals surface area contributed by atoms with Crippen LogP contribution >= 0.6 is 0 Å². The quantitative estimate of drug-likeness (QED) is 0.544. The number of nitrogens with zero attached hydrogens (tertiary/aromatic N) is 4. The number of amides is 2. The van der Waals surface area contributed by atoms with Crippen LogP contribution in [0.25, 0.3) is 28.2 Å². The number of halogens is 1. The monoisotopic (exact) mass is 401 g/mol. The minimum absolute atomic E-state index is 0.146. The Morgan fingerprint density at radius 2 is 1.87 bits per heavy atom. The summed E-state index contributed by atoms with van der Waals surface area (Å²) >= 11 is 0. The van der Waals surface area contributed by atoms with Crippen molar-refractivity contribution in [2.45, 2.75) is 12.6 Å². The number of fused-ring (bicyclic) bond motifs is 1. The molecule has 6 nitrogen and oxygen atoms in total. The van der Waals surface area contributed by atoms with Crippen molar-refractivity contribution in [3.63, 3.8) is 0 Å². The van der Waals surface area contributed by atoms with E-state index in [9.17, 15) is 9.18 Å². The third kappa shape index (κ3) is 3.61. The highest BCUT2D eigenvalue weighted by molar-refractivity contribution is 5.90. The summed E-state index contributed by atoms with van der Waals surface area (Å²) in [6, 6.07) is 17.2. The van der Waals surface area contributed by atoms with E-state index < -0.39 is 6.17 Å². The summed E-state index contributed by atoms with van der Waals surface area (Å²) < 4.78 is 15.3. The number of rotatable bonds is 3. The molecule has 1 saturated heterocycles. The van der Waals surface area contributed by atoms with Crippen molar-refractivity contribution in [3.8, 4) is 22.4 Å². The minimum atomic E-state index is -0.937. The number of hydrogen-bond donors (Lipinski definition) is 1. The van der Waals surface area contributed by atoms with E-state index in [0.717, 1.165) is 22.4 Å². The van der Waals surface area contributed by atoms with Gasteiger partial charge in [0.25, 0.3) is 0 Å². The van der Waals surface area contributed by atoms with Crippen molar-refractivity contribution in [1.29, 1.82) is 0 Å². The Morgan fingerprint density at radius 3 is 2.67 bits per heavy atom. The molecule has 1 atom stereocenters. The number of alkyl halides is 1. The first kappa shape index (κ1) is 18.3. The molecule has 1 N–H and O–H groups in total. The SMILES string of the molecule is O=C(Nc1cccc(-c2cn3cc(-c4ccccc4)cnc3n2)c1)N1CCC(F)C1. The lowest BCUT2D eigenvalue weighted by Gasteiger charge is -2.16. The van der Waals surface area contributed by atoms with Crippen LogP contribution in [0.4, 0.5) is 14.9 Å². The predicted octanol–water partition coefficient (Wildman–Crippen LogP) is 4.64. The predicted molar refractivity (Wildman–Crippen MR) is 114 cm³/mol. The van der Waals surface area contributed by atoms with Gasteiger partial charge in [0.1, 0.15) is 6.17 Å². The lowest BCUT2D eigenvalue weighted by Crippen LogP contribution is -2.33. The summed E-state index contributed by atoms with van der Waals surface area (Å²) in [4.78, 5) is 22.9. The third-order valence-corrected chi connectivity index (χ3v) is 5.24. The van der Waals surface area contributed by atoms with Gasteiger partial charge < -0.3 is 10.2 Å². The van der Waals surface area contributed by atoms with Crippen LogP contribution in [0.1, 0.15) is 6.42 Å². The van der Waals surface area contributed by atoms with Gasteiger partial charge in [0, 0.05) is 41.9 Å². The number of hydrogen-bond acceptors (Lipinski definition) is 3. The zero-order valence-electron chi connectivity index (χ0n) is 16.2. The van der Waals surface area contributed by atoms with Crippen molar-refractivity contribution >= 4 is 17.5 Å². The number of imidazole rings is 1. The van der Waals surface area contributed by atoms with Crippen LogP contribution < -0.4 is 5.32 Å². The summed E-state index contributed by atoms with van der Waals surface area (Å²) in [5.74, 6) is 0.602. The lowest BCUT2D eigenvalue weighted by molar-refractivity contribution is 0.218. The molecule has 0 bridgehead atoms. The molecule has 1 aliphatic rings. The number of carbonyl (C=O) groups is 1. The minimum Gasteiger partial charge on any atom is -0.322 e. The van der Waals surface area contributed by atoms with Crippen LogP contribution in [0.5, 0.6) is 0 Å². The maximum atomic E-state index is 13.4. The molecule has 0 spiro atoms. The van der Waals surface area contributed by atoms with Crippen LogP contribution in [-0.4, -0.2) is 44.6 Å². The average molecular weight is 401 g/mol. The van der Waals surface area contributed by atoms with Gasteiger partial charge in [0.15, 0.2) is 0 Å². The van der Waals surface area contributed by atoms with E-state index in [1.165, 1.54) is 4.90 Å². The summed E-state index contributed by atoms with van der Waals surface area (Å²) in [7, 11) is 0. The largest absolute Gasteiger partial charge is 0.322 e. The van der Waals surface area contributed by atoms with E-state index in [2.05, 4.69) is 15.3 Å². The topological polar surface area (TPSA) is 62.5 Å². The maximum absolute atomic E-state index is 13.4. The first-order chi connectivity index (χ1) is 14.7. The van der Waals surface area contributed by atoms with E-state index in [4.69, 9.17) is 0 Å². The molecular weight excluding hydrogens is 381 g/mol. The molecule has 4 aromatic rings. The van der Waals surface area contributed by atoms with Crippen molar-refractivity contribution in [1.82, 2.24) is 19.3 Å². The fourth-order valence-corrected chi connectivity index (χ4v) is 3.66. The van der Waals surface area contributed by atoms with E-state index in [1.807, 2.05) is 77.6 Å². The number of urea groups is 1. The van der Waals surface area contributed by atoms with E-state index in [-0.39, 0.29) is 12.6 Å². The fraction of sp³-hybridized carbons (Fsp3) is 0.174. The molecule has 1 aliphatic heterocycles. The molecular formula is C23H20FN5O. The first-order valence-corrected chi connectivity index (χ1v) is 9.86. The molecule has 3 heterocycles. The van der Waals surface area contributed by atoms with Crippen LogP contribution in [0, 0.1) is 0 Å². The van der Waals surface area contributed by atoms with Gasteiger partial charge in [-0.2, -0.15) is 0 Å². The second-order valence-electron chi connectivity index (χ2n) is 7.39. The molecule has 2 aromatic heterocycles. The molecule has 30 heavy (non-hydrogen) atoms. The Bertz CT molecular complexity index is 1210. The van der Waals surface area contributed by atoms with Gasteiger partial charge in [-0.05, 0) is 24.1 Å². The Morgan fingerprint density at radius 1 is 1.03 bits per heavy atom. The zero-order valence-corrected chi connectivity index (χ0v) is 16.2. The second kappa shape index (κ2) is 7.59. The summed E-state index contributed by atoms with van der Waals surface area (Å²) in [6.45, 7) is 0.585. The van der Waals surface area contributed by atoms with Crippen molar-refractivity contribution in [2.24, 2.45) is 0 Å². The van der Waals surface area contributed by atoms with E-state index >= 15 is 0 Å². The highest BCUT2D eigenvalue weighted by Crippen LogP contribution is 2.24. The molecule has 1 unspecified atom stereocenters. The molecule has 0 radical (unpaired) electrons. The van der Waals surface area contributed by atoms with Gasteiger partial charge in [0.2, 0.25) is 5.78 Å². The Labute approximate surface area is 173 Å². The van der Waals surface area contributed by atoms with Crippen molar-refractivity contribution in [2.75, 3.05) is 18.4 Å². The average Bonchev–Trinajstić information content (AvgIpc) is 3.40. The highest BCUT2D eigenvalue weighted by atomic mass is 19.1. The van der Waals surface area contributed by atoms with Gasteiger partial charge in [-0.3, -0.25) is 4.40 Å². The molecule has 2 aromatic carbocycles. The Balaban J connectivity index is 1.40. The fourth-order valence-electron chi connectivity index (χ4n) is 3.66. The number of likely N-dealkylation sites (tertiary alicyclic amines) is 1. The summed E-state index contributed by atoms with van der Waals surface area (Å²) in [5, 5.41) is 2.85. The normalized spacial score (nSPS) is 16.2. The molecule has 5 rings (SSSR count). The van der Waals surface area contributed by atoms with Gasteiger partial charge >= 0.3 is 6.03 Å². The smallest absolute Gasteiger partial charge is 0.321 e. The first-order valence-electron chi connectivity index (χ1n) is 9.86. The Kier molecular flexibility index (Phi) is 4.63. The number of nitrogens with one attached hydrogen (secondary N) is 1. The van der Waals surface area contributed by atoms with Gasteiger partial charge in [0.05, 0.1) is 12.2 Å². The van der Waals surface area contributed by atoms with Gasteiger partial charge in [-0.1, -0.05) is 42.5 Å². The maximum Gasteiger partial charge on any atom is 0.321 e. The standard InChI is InChI=1S/C23H20FN5O/c24-19-9-10-28(14-19)23(30)26-20-8-4-7-17(11-20)21-15-29-13-18(12-25-22(29)27-21)16-5-2-1-3-6-16/h1-8,11-13,15,19H,9-10,14H2,(H,26,30). The van der Waals surface area contributed by atoms with Crippen LogP contribution in [0.2, 0.25) is 0 Å².